The Morgan fingerprint density at radius 2 is 1.85 bits per heavy atom. The van der Waals surface area contributed by atoms with E-state index in [2.05, 4.69) is 20.9 Å². The van der Waals surface area contributed by atoms with Crippen LogP contribution in [0.15, 0.2) is 53.5 Å². The van der Waals surface area contributed by atoms with Gasteiger partial charge in [0.25, 0.3) is 0 Å². The lowest BCUT2D eigenvalue weighted by molar-refractivity contribution is -0.116. The molecule has 6 heteroatoms. The van der Waals surface area contributed by atoms with Crippen molar-refractivity contribution in [1.29, 1.82) is 0 Å². The Morgan fingerprint density at radius 1 is 1.08 bits per heavy atom. The highest BCUT2D eigenvalue weighted by Gasteiger charge is 2.04. The lowest BCUT2D eigenvalue weighted by Gasteiger charge is -2.13. The first-order valence-electron chi connectivity index (χ1n) is 8.69. The Kier molecular flexibility index (Phi) is 7.61. The second-order valence-electron chi connectivity index (χ2n) is 5.87. The van der Waals surface area contributed by atoms with E-state index in [1.54, 1.807) is 25.2 Å². The number of rotatable bonds is 7. The minimum absolute atomic E-state index is 0.0139. The van der Waals surface area contributed by atoms with Gasteiger partial charge in [-0.2, -0.15) is 0 Å². The number of aliphatic imine (C=N–C) groups is 1. The van der Waals surface area contributed by atoms with Crippen LogP contribution in [0.1, 0.15) is 30.9 Å². The van der Waals surface area contributed by atoms with Gasteiger partial charge in [0.05, 0.1) is 0 Å². The molecule has 26 heavy (non-hydrogen) atoms. The van der Waals surface area contributed by atoms with E-state index in [4.69, 9.17) is 0 Å². The fourth-order valence-electron chi connectivity index (χ4n) is 2.44. The predicted octanol–water partition coefficient (Wildman–Crippen LogP) is 3.43. The van der Waals surface area contributed by atoms with Gasteiger partial charge in [-0.05, 0) is 30.2 Å². The van der Waals surface area contributed by atoms with Crippen LogP contribution in [0.5, 0.6) is 0 Å². The van der Waals surface area contributed by atoms with Crippen LogP contribution in [0.4, 0.5) is 10.1 Å². The molecule has 0 aromatic heterocycles. The molecule has 5 nitrogen and oxygen atoms in total. The monoisotopic (exact) mass is 356 g/mol. The average Bonchev–Trinajstić information content (AvgIpc) is 2.63. The Labute approximate surface area is 153 Å². The molecule has 0 fully saturated rings. The van der Waals surface area contributed by atoms with Crippen LogP contribution in [0.2, 0.25) is 0 Å². The molecule has 2 rings (SSSR count). The van der Waals surface area contributed by atoms with Crippen molar-refractivity contribution in [2.75, 3.05) is 12.4 Å². The van der Waals surface area contributed by atoms with Crippen molar-refractivity contribution in [3.05, 3.63) is 65.5 Å². The largest absolute Gasteiger partial charge is 0.352 e. The number of carbonyl (C=O) groups is 1. The third-order valence-corrected chi connectivity index (χ3v) is 3.78. The van der Waals surface area contributed by atoms with E-state index in [9.17, 15) is 9.18 Å². The highest BCUT2D eigenvalue weighted by atomic mass is 19.1. The van der Waals surface area contributed by atoms with Crippen LogP contribution in [0.25, 0.3) is 0 Å². The van der Waals surface area contributed by atoms with Crippen molar-refractivity contribution in [3.63, 3.8) is 0 Å². The summed E-state index contributed by atoms with van der Waals surface area (Å²) in [5.41, 5.74) is 2.36. The quantitative estimate of drug-likeness (QED) is 0.526. The molecule has 3 N–H and O–H groups in total. The van der Waals surface area contributed by atoms with E-state index in [0.717, 1.165) is 17.7 Å². The van der Waals surface area contributed by atoms with E-state index in [0.29, 0.717) is 31.0 Å². The van der Waals surface area contributed by atoms with Crippen LogP contribution in [-0.4, -0.2) is 18.9 Å². The number of guanidine groups is 1. The minimum atomic E-state index is -0.244. The molecule has 0 spiro atoms. The third-order valence-electron chi connectivity index (χ3n) is 3.78. The first kappa shape index (κ1) is 19.4. The van der Waals surface area contributed by atoms with Crippen molar-refractivity contribution >= 4 is 17.6 Å². The average molecular weight is 356 g/mol. The molecule has 138 valence electrons. The van der Waals surface area contributed by atoms with Crippen molar-refractivity contribution < 1.29 is 9.18 Å². The summed E-state index contributed by atoms with van der Waals surface area (Å²) in [6.45, 7) is 2.85. The molecule has 0 heterocycles. The second-order valence-corrected chi connectivity index (χ2v) is 5.87. The molecule has 0 saturated carbocycles. The molecule has 0 aliphatic heterocycles. The topological polar surface area (TPSA) is 65.5 Å². The number of hydrogen-bond acceptors (Lipinski definition) is 2. The number of hydrogen-bond donors (Lipinski definition) is 3. The van der Waals surface area contributed by atoms with Crippen LogP contribution in [0.3, 0.4) is 0 Å². The maximum Gasteiger partial charge on any atom is 0.224 e. The third kappa shape index (κ3) is 6.20. The van der Waals surface area contributed by atoms with Gasteiger partial charge >= 0.3 is 0 Å². The number of amides is 1. The molecular formula is C20H25FN4O. The van der Waals surface area contributed by atoms with E-state index in [1.165, 1.54) is 6.07 Å². The van der Waals surface area contributed by atoms with E-state index in [-0.39, 0.29) is 11.7 Å². The van der Waals surface area contributed by atoms with Gasteiger partial charge in [0.1, 0.15) is 5.82 Å². The van der Waals surface area contributed by atoms with Gasteiger partial charge in [-0.25, -0.2) is 4.39 Å². The standard InChI is InChI=1S/C20H25FN4O/c1-3-7-19(26)25-17-10-6-8-15(12-17)13-23-20(22-2)24-14-16-9-4-5-11-18(16)21/h4-6,8-12H,3,7,13-14H2,1-2H3,(H,25,26)(H2,22,23,24). The predicted molar refractivity (Wildman–Crippen MR) is 103 cm³/mol. The van der Waals surface area contributed by atoms with Crippen LogP contribution in [-0.2, 0) is 17.9 Å². The summed E-state index contributed by atoms with van der Waals surface area (Å²) in [7, 11) is 1.66. The summed E-state index contributed by atoms with van der Waals surface area (Å²) in [5, 5.41) is 9.16. The number of benzene rings is 2. The Balaban J connectivity index is 1.88. The van der Waals surface area contributed by atoms with E-state index in [1.807, 2.05) is 31.2 Å². The molecule has 2 aromatic rings. The van der Waals surface area contributed by atoms with Crippen molar-refractivity contribution in [2.45, 2.75) is 32.9 Å². The molecule has 1 amide bonds. The molecule has 0 saturated heterocycles. The molecule has 0 bridgehead atoms. The fraction of sp³-hybridized carbons (Fsp3) is 0.300. The maximum absolute atomic E-state index is 13.7. The summed E-state index contributed by atoms with van der Waals surface area (Å²) in [6, 6.07) is 14.3. The number of carbonyl (C=O) groups excluding carboxylic acids is 1. The van der Waals surface area contributed by atoms with Crippen molar-refractivity contribution in [3.8, 4) is 0 Å². The maximum atomic E-state index is 13.7. The summed E-state index contributed by atoms with van der Waals surface area (Å²) in [4.78, 5) is 15.8. The lowest BCUT2D eigenvalue weighted by atomic mass is 10.2. The number of nitrogens with zero attached hydrogens (tertiary/aromatic N) is 1. The summed E-state index contributed by atoms with van der Waals surface area (Å²) < 4.78 is 13.7. The van der Waals surface area contributed by atoms with Gasteiger partial charge in [0.2, 0.25) is 5.91 Å². The van der Waals surface area contributed by atoms with Crippen molar-refractivity contribution in [1.82, 2.24) is 10.6 Å². The van der Waals surface area contributed by atoms with Gasteiger partial charge < -0.3 is 16.0 Å². The highest BCUT2D eigenvalue weighted by molar-refractivity contribution is 5.90. The molecule has 0 atom stereocenters. The van der Waals surface area contributed by atoms with Gasteiger partial charge in [0.15, 0.2) is 5.96 Å². The first-order chi connectivity index (χ1) is 12.6. The van der Waals surface area contributed by atoms with Gasteiger partial charge in [-0.3, -0.25) is 9.79 Å². The first-order valence-corrected chi connectivity index (χ1v) is 8.69. The molecule has 2 aromatic carbocycles. The van der Waals surface area contributed by atoms with Crippen LogP contribution >= 0.6 is 0 Å². The van der Waals surface area contributed by atoms with Gasteiger partial charge in [-0.15, -0.1) is 0 Å². The zero-order chi connectivity index (χ0) is 18.8. The van der Waals surface area contributed by atoms with Crippen molar-refractivity contribution in [2.24, 2.45) is 4.99 Å². The van der Waals surface area contributed by atoms with Crippen LogP contribution in [0, 0.1) is 5.82 Å². The number of nitrogens with one attached hydrogen (secondary N) is 3. The van der Waals surface area contributed by atoms with Gasteiger partial charge in [-0.1, -0.05) is 37.3 Å². The highest BCUT2D eigenvalue weighted by Crippen LogP contribution is 2.11. The molecule has 0 unspecified atom stereocenters. The molecular weight excluding hydrogens is 331 g/mol. The molecule has 0 radical (unpaired) electrons. The number of anilines is 1. The summed E-state index contributed by atoms with van der Waals surface area (Å²) in [5.74, 6) is 0.347. The van der Waals surface area contributed by atoms with E-state index >= 15 is 0 Å². The lowest BCUT2D eigenvalue weighted by Crippen LogP contribution is -2.36. The Morgan fingerprint density at radius 3 is 2.58 bits per heavy atom. The second kappa shape index (κ2) is 10.2. The Bertz CT molecular complexity index is 761. The zero-order valence-corrected chi connectivity index (χ0v) is 15.2. The zero-order valence-electron chi connectivity index (χ0n) is 15.2. The normalized spacial score (nSPS) is 11.1. The smallest absolute Gasteiger partial charge is 0.224 e. The Hall–Kier alpha value is -2.89. The molecule has 0 aliphatic rings. The fourth-order valence-corrected chi connectivity index (χ4v) is 2.44. The van der Waals surface area contributed by atoms with Gasteiger partial charge in [0, 0.05) is 37.8 Å². The van der Waals surface area contributed by atoms with Crippen LogP contribution < -0.4 is 16.0 Å². The SMILES string of the molecule is CCCC(=O)Nc1cccc(CNC(=NC)NCc2ccccc2F)c1. The number of halogens is 1. The van der Waals surface area contributed by atoms with E-state index < -0.39 is 0 Å². The minimum Gasteiger partial charge on any atom is -0.352 e. The summed E-state index contributed by atoms with van der Waals surface area (Å²) in [6.07, 6.45) is 1.33. The molecule has 0 aliphatic carbocycles. The summed E-state index contributed by atoms with van der Waals surface area (Å²) >= 11 is 0.